The molecule has 278 valence electrons. The van der Waals surface area contributed by atoms with Gasteiger partial charge in [0.25, 0.3) is 0 Å². The lowest BCUT2D eigenvalue weighted by atomic mass is 9.97. The van der Waals surface area contributed by atoms with E-state index in [0.29, 0.717) is 0 Å². The summed E-state index contributed by atoms with van der Waals surface area (Å²) < 4.78 is 4.72. The van der Waals surface area contributed by atoms with Crippen molar-refractivity contribution in [2.24, 2.45) is 0 Å². The Hall–Kier alpha value is -7.42. The Morgan fingerprint density at radius 3 is 1.29 bits per heavy atom. The van der Waals surface area contributed by atoms with Crippen LogP contribution in [-0.2, 0) is 0 Å². The predicted molar refractivity (Wildman–Crippen MR) is 251 cm³/mol. The highest BCUT2D eigenvalue weighted by Gasteiger charge is 2.13. The molecule has 0 fully saturated rings. The van der Waals surface area contributed by atoms with E-state index >= 15 is 0 Å². The maximum absolute atomic E-state index is 4.07. The first-order chi connectivity index (χ1) is 28.6. The SMILES string of the molecule is C=C/C=C(/C=C/C(=C\C(=C/C)c1ccccc1)c1ccc(-n2c3ccccc3c3ccccc32)cc1)\C=C(/C)c1ccc(-n2c3ccccc3c3ccccc32)cc1. The van der Waals surface area contributed by atoms with Crippen LogP contribution in [0.1, 0.15) is 30.5 Å². The summed E-state index contributed by atoms with van der Waals surface area (Å²) in [6.45, 7) is 8.35. The topological polar surface area (TPSA) is 9.86 Å². The summed E-state index contributed by atoms with van der Waals surface area (Å²) in [7, 11) is 0. The number of allylic oxidation sites excluding steroid dienone is 11. The maximum atomic E-state index is 4.07. The molecule has 9 aromatic rings. The van der Waals surface area contributed by atoms with E-state index in [9.17, 15) is 0 Å². The molecular weight excluding hydrogens is 701 g/mol. The van der Waals surface area contributed by atoms with Crippen LogP contribution < -0.4 is 0 Å². The zero-order chi connectivity index (χ0) is 39.4. The lowest BCUT2D eigenvalue weighted by Crippen LogP contribution is -1.94. The molecule has 2 nitrogen and oxygen atoms in total. The average molecular weight is 745 g/mol. The van der Waals surface area contributed by atoms with Crippen LogP contribution in [-0.4, -0.2) is 9.13 Å². The Kier molecular flexibility index (Phi) is 9.98. The average Bonchev–Trinajstić information content (AvgIpc) is 3.80. The summed E-state index contributed by atoms with van der Waals surface area (Å²) in [5, 5.41) is 5.05. The standard InChI is InChI=1S/C56H44N2/c1-4-17-41(38-40(3)43-30-34-47(35-31-43)57-53-24-13-9-20-49(53)50-21-10-14-25-54(50)57)28-29-46(39-42(5-2)44-18-7-6-8-19-44)45-32-36-48(37-33-45)58-55-26-15-11-22-51(55)52-23-12-16-27-56(52)58/h4-39H,1H2,2-3H3/b29-28+,40-38+,41-17-,42-5+,46-39+. The minimum absolute atomic E-state index is 1.06. The quantitative estimate of drug-likeness (QED) is 0.123. The zero-order valence-electron chi connectivity index (χ0n) is 32.9. The van der Waals surface area contributed by atoms with Crippen molar-refractivity contribution in [2.45, 2.75) is 13.8 Å². The number of benzene rings is 7. The largest absolute Gasteiger partial charge is 0.309 e. The first kappa shape index (κ1) is 36.2. The smallest absolute Gasteiger partial charge is 0.0541 e. The Labute approximate surface area is 340 Å². The molecule has 0 saturated carbocycles. The van der Waals surface area contributed by atoms with Gasteiger partial charge in [-0.3, -0.25) is 0 Å². The third-order valence-corrected chi connectivity index (χ3v) is 11.1. The van der Waals surface area contributed by atoms with Gasteiger partial charge < -0.3 is 9.13 Å². The minimum Gasteiger partial charge on any atom is -0.309 e. The maximum Gasteiger partial charge on any atom is 0.0541 e. The Morgan fingerprint density at radius 2 is 0.845 bits per heavy atom. The minimum atomic E-state index is 1.06. The monoisotopic (exact) mass is 744 g/mol. The molecule has 2 heteroatoms. The van der Waals surface area contributed by atoms with Crippen LogP contribution in [0, 0.1) is 0 Å². The molecule has 0 bridgehead atoms. The summed E-state index contributed by atoms with van der Waals surface area (Å²) in [5.74, 6) is 0. The molecule has 0 aliphatic heterocycles. The van der Waals surface area contributed by atoms with E-state index in [4.69, 9.17) is 0 Å². The molecule has 0 radical (unpaired) electrons. The summed E-state index contributed by atoms with van der Waals surface area (Å²) in [5.41, 5.74) is 15.1. The second-order valence-electron chi connectivity index (χ2n) is 14.6. The van der Waals surface area contributed by atoms with Gasteiger partial charge in [0.2, 0.25) is 0 Å². The first-order valence-corrected chi connectivity index (χ1v) is 19.9. The Balaban J connectivity index is 1.06. The lowest BCUT2D eigenvalue weighted by molar-refractivity contribution is 1.18. The molecular formula is C56H44N2. The fourth-order valence-corrected chi connectivity index (χ4v) is 8.24. The van der Waals surface area contributed by atoms with Crippen molar-refractivity contribution in [3.05, 3.63) is 247 Å². The fraction of sp³-hybridized carbons (Fsp3) is 0.0357. The van der Waals surface area contributed by atoms with Crippen LogP contribution in [0.3, 0.4) is 0 Å². The van der Waals surface area contributed by atoms with E-state index in [1.165, 1.54) is 60.3 Å². The van der Waals surface area contributed by atoms with Crippen molar-refractivity contribution in [3.8, 4) is 11.4 Å². The van der Waals surface area contributed by atoms with Crippen LogP contribution in [0.25, 0.3) is 71.7 Å². The molecule has 2 aromatic heterocycles. The molecule has 2 heterocycles. The van der Waals surface area contributed by atoms with E-state index in [-0.39, 0.29) is 0 Å². The molecule has 0 saturated heterocycles. The number of hydrogen-bond acceptors (Lipinski definition) is 0. The number of nitrogens with zero attached hydrogens (tertiary/aromatic N) is 2. The van der Waals surface area contributed by atoms with E-state index in [2.05, 4.69) is 242 Å². The van der Waals surface area contributed by atoms with Gasteiger partial charge >= 0.3 is 0 Å². The van der Waals surface area contributed by atoms with Crippen LogP contribution in [0.15, 0.2) is 231 Å². The van der Waals surface area contributed by atoms with Gasteiger partial charge in [-0.1, -0.05) is 170 Å². The Bertz CT molecular complexity index is 3000. The van der Waals surface area contributed by atoms with Crippen LogP contribution in [0.4, 0.5) is 0 Å². The molecule has 9 rings (SSSR count). The Morgan fingerprint density at radius 1 is 0.431 bits per heavy atom. The molecule has 0 aliphatic carbocycles. The van der Waals surface area contributed by atoms with Crippen molar-refractivity contribution < 1.29 is 0 Å². The highest BCUT2D eigenvalue weighted by atomic mass is 15.0. The van der Waals surface area contributed by atoms with Gasteiger partial charge in [-0.2, -0.15) is 0 Å². The summed E-state index contributed by atoms with van der Waals surface area (Å²) >= 11 is 0. The number of rotatable bonds is 10. The number of aromatic nitrogens is 2. The van der Waals surface area contributed by atoms with E-state index in [1.54, 1.807) is 0 Å². The highest BCUT2D eigenvalue weighted by molar-refractivity contribution is 6.10. The molecule has 0 N–H and O–H groups in total. The van der Waals surface area contributed by atoms with Crippen molar-refractivity contribution in [2.75, 3.05) is 0 Å². The highest BCUT2D eigenvalue weighted by Crippen LogP contribution is 2.34. The number of fused-ring (bicyclic) bond motifs is 6. The molecule has 0 amide bonds. The molecule has 0 unspecified atom stereocenters. The van der Waals surface area contributed by atoms with Crippen molar-refractivity contribution >= 4 is 60.3 Å². The number of para-hydroxylation sites is 4. The third kappa shape index (κ3) is 6.86. The van der Waals surface area contributed by atoms with Gasteiger partial charge in [-0.05, 0) is 107 Å². The van der Waals surface area contributed by atoms with E-state index in [1.807, 2.05) is 6.08 Å². The molecule has 0 atom stereocenters. The second kappa shape index (κ2) is 16.0. The summed E-state index contributed by atoms with van der Waals surface area (Å²) in [6, 6.07) is 63.0. The molecule has 0 aliphatic rings. The normalized spacial score (nSPS) is 13.1. The van der Waals surface area contributed by atoms with Crippen molar-refractivity contribution in [3.63, 3.8) is 0 Å². The van der Waals surface area contributed by atoms with Crippen LogP contribution >= 0.6 is 0 Å². The zero-order valence-corrected chi connectivity index (χ0v) is 32.9. The summed E-state index contributed by atoms with van der Waals surface area (Å²) in [6.07, 6.45) is 15.1. The molecule has 58 heavy (non-hydrogen) atoms. The number of hydrogen-bond donors (Lipinski definition) is 0. The van der Waals surface area contributed by atoms with Crippen molar-refractivity contribution in [1.29, 1.82) is 0 Å². The van der Waals surface area contributed by atoms with Crippen LogP contribution in [0.5, 0.6) is 0 Å². The van der Waals surface area contributed by atoms with E-state index in [0.717, 1.165) is 33.7 Å². The van der Waals surface area contributed by atoms with Gasteiger partial charge in [0.1, 0.15) is 0 Å². The van der Waals surface area contributed by atoms with Crippen molar-refractivity contribution in [1.82, 2.24) is 9.13 Å². The lowest BCUT2D eigenvalue weighted by Gasteiger charge is -2.11. The van der Waals surface area contributed by atoms with Crippen LogP contribution in [0.2, 0.25) is 0 Å². The predicted octanol–water partition coefficient (Wildman–Crippen LogP) is 15.1. The first-order valence-electron chi connectivity index (χ1n) is 19.9. The molecule has 7 aromatic carbocycles. The fourth-order valence-electron chi connectivity index (χ4n) is 8.24. The molecule has 0 spiro atoms. The second-order valence-corrected chi connectivity index (χ2v) is 14.6. The van der Waals surface area contributed by atoms with E-state index < -0.39 is 0 Å². The third-order valence-electron chi connectivity index (χ3n) is 11.1. The van der Waals surface area contributed by atoms with Gasteiger partial charge in [0, 0.05) is 32.9 Å². The summed E-state index contributed by atoms with van der Waals surface area (Å²) in [4.78, 5) is 0. The van der Waals surface area contributed by atoms with Gasteiger partial charge in [0.05, 0.1) is 22.1 Å². The van der Waals surface area contributed by atoms with Gasteiger partial charge in [0.15, 0.2) is 0 Å². The van der Waals surface area contributed by atoms with Gasteiger partial charge in [-0.25, -0.2) is 0 Å². The van der Waals surface area contributed by atoms with Gasteiger partial charge in [-0.15, -0.1) is 0 Å².